The Balaban J connectivity index is 2.29. The number of nitrogens with one attached hydrogen (secondary N) is 1. The van der Waals surface area contributed by atoms with Gasteiger partial charge in [0.1, 0.15) is 11.5 Å². The van der Waals surface area contributed by atoms with Crippen LogP contribution in [0.1, 0.15) is 44.9 Å². The first-order valence-corrected chi connectivity index (χ1v) is 9.91. The summed E-state index contributed by atoms with van der Waals surface area (Å²) in [5.74, 6) is 1.24. The van der Waals surface area contributed by atoms with Crippen LogP contribution in [0.5, 0.6) is 11.5 Å². The first-order valence-electron chi connectivity index (χ1n) is 8.43. The van der Waals surface area contributed by atoms with Crippen molar-refractivity contribution in [2.45, 2.75) is 44.0 Å². The summed E-state index contributed by atoms with van der Waals surface area (Å²) < 4.78 is 38.8. The van der Waals surface area contributed by atoms with E-state index in [4.69, 9.17) is 9.47 Å². The van der Waals surface area contributed by atoms with Gasteiger partial charge in [-0.15, -0.1) is 0 Å². The monoisotopic (exact) mass is 377 g/mol. The molecule has 0 radical (unpaired) electrons. The van der Waals surface area contributed by atoms with E-state index in [0.717, 1.165) is 5.56 Å². The van der Waals surface area contributed by atoms with Crippen LogP contribution in [0.15, 0.2) is 47.4 Å². The van der Waals surface area contributed by atoms with Crippen LogP contribution in [-0.4, -0.2) is 22.6 Å². The van der Waals surface area contributed by atoms with Crippen LogP contribution in [0.3, 0.4) is 0 Å². The SMILES string of the molecule is COc1ccc(OC)c(C(C)NS(=O)(=O)c2ccc(C(C)(C)C)cc2)c1. The fourth-order valence-electron chi connectivity index (χ4n) is 2.68. The van der Waals surface area contributed by atoms with Gasteiger partial charge in [-0.2, -0.15) is 0 Å². The average Bonchev–Trinajstić information content (AvgIpc) is 2.60. The first-order chi connectivity index (χ1) is 12.1. The Morgan fingerprint density at radius 3 is 2.08 bits per heavy atom. The molecule has 2 rings (SSSR count). The minimum atomic E-state index is -3.66. The molecule has 0 aliphatic heterocycles. The largest absolute Gasteiger partial charge is 0.497 e. The van der Waals surface area contributed by atoms with E-state index in [9.17, 15) is 8.42 Å². The highest BCUT2D eigenvalue weighted by Crippen LogP contribution is 2.30. The van der Waals surface area contributed by atoms with Gasteiger partial charge < -0.3 is 9.47 Å². The molecule has 0 aromatic heterocycles. The molecule has 2 aromatic rings. The van der Waals surface area contributed by atoms with Gasteiger partial charge in [-0.25, -0.2) is 13.1 Å². The quantitative estimate of drug-likeness (QED) is 0.825. The molecule has 6 heteroatoms. The Hall–Kier alpha value is -2.05. The molecule has 2 aromatic carbocycles. The van der Waals surface area contributed by atoms with Crippen molar-refractivity contribution in [2.24, 2.45) is 0 Å². The molecule has 0 spiro atoms. The smallest absolute Gasteiger partial charge is 0.241 e. The van der Waals surface area contributed by atoms with Crippen molar-refractivity contribution in [1.29, 1.82) is 0 Å². The van der Waals surface area contributed by atoms with Gasteiger partial charge in [0, 0.05) is 11.6 Å². The minimum absolute atomic E-state index is 0.0308. The number of methoxy groups -OCH3 is 2. The molecule has 0 bridgehead atoms. The van der Waals surface area contributed by atoms with Gasteiger partial charge in [-0.05, 0) is 48.2 Å². The standard InChI is InChI=1S/C20H27NO4S/c1-14(18-13-16(24-5)9-12-19(18)25-6)21-26(22,23)17-10-7-15(8-11-17)20(2,3)4/h7-14,21H,1-6H3. The third-order valence-corrected chi connectivity index (χ3v) is 5.82. The van der Waals surface area contributed by atoms with E-state index >= 15 is 0 Å². The Labute approximate surface area is 156 Å². The van der Waals surface area contributed by atoms with Crippen molar-refractivity contribution in [2.75, 3.05) is 14.2 Å². The molecular formula is C20H27NO4S. The number of benzene rings is 2. The molecule has 1 N–H and O–H groups in total. The summed E-state index contributed by atoms with van der Waals surface area (Å²) in [7, 11) is -0.541. The van der Waals surface area contributed by atoms with E-state index in [1.54, 1.807) is 51.5 Å². The summed E-state index contributed by atoms with van der Waals surface area (Å²) in [6, 6.07) is 11.8. The summed E-state index contributed by atoms with van der Waals surface area (Å²) in [6.45, 7) is 8.04. The van der Waals surface area contributed by atoms with Crippen molar-refractivity contribution in [3.63, 3.8) is 0 Å². The van der Waals surface area contributed by atoms with Gasteiger partial charge in [-0.1, -0.05) is 32.9 Å². The van der Waals surface area contributed by atoms with Crippen LogP contribution < -0.4 is 14.2 Å². The van der Waals surface area contributed by atoms with E-state index in [-0.39, 0.29) is 10.3 Å². The third kappa shape index (κ3) is 4.56. The predicted molar refractivity (Wildman–Crippen MR) is 103 cm³/mol. The van der Waals surface area contributed by atoms with E-state index in [2.05, 4.69) is 25.5 Å². The van der Waals surface area contributed by atoms with Gasteiger partial charge in [0.2, 0.25) is 10.0 Å². The molecule has 142 valence electrons. The van der Waals surface area contributed by atoms with Crippen LogP contribution in [0.4, 0.5) is 0 Å². The maximum absolute atomic E-state index is 12.7. The lowest BCUT2D eigenvalue weighted by Gasteiger charge is -2.20. The summed E-state index contributed by atoms with van der Waals surface area (Å²) in [5, 5.41) is 0. The molecule has 0 aliphatic carbocycles. The Kier molecular flexibility index (Phi) is 5.98. The van der Waals surface area contributed by atoms with Crippen LogP contribution >= 0.6 is 0 Å². The highest BCUT2D eigenvalue weighted by atomic mass is 32.2. The molecule has 0 aliphatic rings. The molecule has 0 fully saturated rings. The third-order valence-electron chi connectivity index (χ3n) is 4.27. The number of hydrogen-bond donors (Lipinski definition) is 1. The second-order valence-corrected chi connectivity index (χ2v) is 8.94. The van der Waals surface area contributed by atoms with Crippen molar-refractivity contribution >= 4 is 10.0 Å². The maximum Gasteiger partial charge on any atom is 0.241 e. The second kappa shape index (κ2) is 7.68. The van der Waals surface area contributed by atoms with Gasteiger partial charge in [-0.3, -0.25) is 0 Å². The van der Waals surface area contributed by atoms with Gasteiger partial charge >= 0.3 is 0 Å². The second-order valence-electron chi connectivity index (χ2n) is 7.23. The summed E-state index contributed by atoms with van der Waals surface area (Å²) in [5.41, 5.74) is 1.76. The summed E-state index contributed by atoms with van der Waals surface area (Å²) in [4.78, 5) is 0.235. The number of hydrogen-bond acceptors (Lipinski definition) is 4. The maximum atomic E-state index is 12.7. The fraction of sp³-hybridized carbons (Fsp3) is 0.400. The first kappa shape index (κ1) is 20.3. The van der Waals surface area contributed by atoms with Crippen LogP contribution in [0, 0.1) is 0 Å². The molecule has 0 heterocycles. The van der Waals surface area contributed by atoms with Crippen molar-refractivity contribution < 1.29 is 17.9 Å². The zero-order valence-corrected chi connectivity index (χ0v) is 17.0. The zero-order valence-electron chi connectivity index (χ0n) is 16.2. The molecule has 1 atom stereocenters. The van der Waals surface area contributed by atoms with Gasteiger partial charge in [0.05, 0.1) is 19.1 Å². The lowest BCUT2D eigenvalue weighted by Crippen LogP contribution is -2.27. The van der Waals surface area contributed by atoms with E-state index in [0.29, 0.717) is 17.1 Å². The fourth-order valence-corrected chi connectivity index (χ4v) is 3.90. The van der Waals surface area contributed by atoms with E-state index in [1.165, 1.54) is 0 Å². The van der Waals surface area contributed by atoms with E-state index in [1.807, 2.05) is 12.1 Å². The summed E-state index contributed by atoms with van der Waals surface area (Å²) >= 11 is 0. The topological polar surface area (TPSA) is 64.6 Å². The average molecular weight is 378 g/mol. The Bertz CT molecular complexity index is 852. The highest BCUT2D eigenvalue weighted by Gasteiger charge is 2.22. The molecule has 1 unspecified atom stereocenters. The van der Waals surface area contributed by atoms with Crippen molar-refractivity contribution in [3.8, 4) is 11.5 Å². The predicted octanol–water partition coefficient (Wildman–Crippen LogP) is 4.04. The van der Waals surface area contributed by atoms with Gasteiger partial charge in [0.25, 0.3) is 0 Å². The van der Waals surface area contributed by atoms with Crippen LogP contribution in [0.25, 0.3) is 0 Å². The molecule has 26 heavy (non-hydrogen) atoms. The van der Waals surface area contributed by atoms with Crippen molar-refractivity contribution in [1.82, 2.24) is 4.72 Å². The lowest BCUT2D eigenvalue weighted by molar-refractivity contribution is 0.395. The Morgan fingerprint density at radius 1 is 0.962 bits per heavy atom. The Morgan fingerprint density at radius 2 is 1.58 bits per heavy atom. The van der Waals surface area contributed by atoms with Crippen LogP contribution in [-0.2, 0) is 15.4 Å². The number of rotatable bonds is 6. The number of sulfonamides is 1. The molecule has 0 amide bonds. The van der Waals surface area contributed by atoms with Crippen LogP contribution in [0.2, 0.25) is 0 Å². The normalized spacial score (nSPS) is 13.3. The highest BCUT2D eigenvalue weighted by molar-refractivity contribution is 7.89. The zero-order chi connectivity index (χ0) is 19.5. The lowest BCUT2D eigenvalue weighted by atomic mass is 9.87. The van der Waals surface area contributed by atoms with Crippen molar-refractivity contribution in [3.05, 3.63) is 53.6 Å². The molecule has 0 saturated carbocycles. The number of ether oxygens (including phenoxy) is 2. The molecular weight excluding hydrogens is 350 g/mol. The molecule has 0 saturated heterocycles. The molecule has 5 nitrogen and oxygen atoms in total. The van der Waals surface area contributed by atoms with E-state index < -0.39 is 16.1 Å². The minimum Gasteiger partial charge on any atom is -0.497 e. The summed E-state index contributed by atoms with van der Waals surface area (Å²) in [6.07, 6.45) is 0. The van der Waals surface area contributed by atoms with Gasteiger partial charge in [0.15, 0.2) is 0 Å².